The van der Waals surface area contributed by atoms with Crippen LogP contribution < -0.4 is 5.32 Å². The van der Waals surface area contributed by atoms with Crippen molar-refractivity contribution >= 4 is 0 Å². The van der Waals surface area contributed by atoms with Crippen molar-refractivity contribution in [3.05, 3.63) is 35.1 Å². The Morgan fingerprint density at radius 1 is 1.25 bits per heavy atom. The average molecular weight is 220 g/mol. The monoisotopic (exact) mass is 220 g/mol. The summed E-state index contributed by atoms with van der Waals surface area (Å²) >= 11 is 0. The molecule has 2 nitrogen and oxygen atoms in total. The van der Waals surface area contributed by atoms with E-state index in [-0.39, 0.29) is 5.82 Å². The van der Waals surface area contributed by atoms with Gasteiger partial charge in [-0.25, -0.2) is 4.39 Å². The lowest BCUT2D eigenvalue weighted by molar-refractivity contribution is 0.228. The molecule has 2 heterocycles. The van der Waals surface area contributed by atoms with Gasteiger partial charge in [-0.05, 0) is 49.2 Å². The molecule has 0 aromatic heterocycles. The third-order valence-electron chi connectivity index (χ3n) is 3.70. The average Bonchev–Trinajstić information content (AvgIpc) is 2.81. The third-order valence-corrected chi connectivity index (χ3v) is 3.70. The molecule has 1 aromatic carbocycles. The summed E-state index contributed by atoms with van der Waals surface area (Å²) in [5.74, 6) is -0.123. The molecular weight excluding hydrogens is 203 g/mol. The topological polar surface area (TPSA) is 15.3 Å². The Bertz CT molecular complexity index is 386. The highest BCUT2D eigenvalue weighted by Gasteiger charge is 2.27. The van der Waals surface area contributed by atoms with E-state index < -0.39 is 0 Å². The number of rotatable bonds is 1. The van der Waals surface area contributed by atoms with Crippen molar-refractivity contribution in [2.45, 2.75) is 25.4 Å². The minimum atomic E-state index is -0.123. The molecule has 0 saturated carbocycles. The van der Waals surface area contributed by atoms with E-state index in [1.165, 1.54) is 31.5 Å². The maximum atomic E-state index is 13.2. The fraction of sp³-hybridized carbons (Fsp3) is 0.538. The van der Waals surface area contributed by atoms with E-state index in [0.29, 0.717) is 6.04 Å². The molecular formula is C13H17FN2. The number of hydrogen-bond donors (Lipinski definition) is 1. The van der Waals surface area contributed by atoms with Crippen LogP contribution in [0.15, 0.2) is 18.2 Å². The van der Waals surface area contributed by atoms with Gasteiger partial charge in [0.1, 0.15) is 5.82 Å². The summed E-state index contributed by atoms with van der Waals surface area (Å²) in [7, 11) is 0. The summed E-state index contributed by atoms with van der Waals surface area (Å²) in [6, 6.07) is 5.68. The molecule has 1 aromatic rings. The Labute approximate surface area is 95.4 Å². The van der Waals surface area contributed by atoms with Crippen LogP contribution in [0.5, 0.6) is 0 Å². The van der Waals surface area contributed by atoms with Gasteiger partial charge in [-0.2, -0.15) is 0 Å². The van der Waals surface area contributed by atoms with Crippen LogP contribution >= 0.6 is 0 Å². The van der Waals surface area contributed by atoms with Crippen LogP contribution in [0.25, 0.3) is 0 Å². The molecule has 1 saturated heterocycles. The van der Waals surface area contributed by atoms with Crippen LogP contribution in [0.4, 0.5) is 4.39 Å². The molecule has 2 aliphatic heterocycles. The van der Waals surface area contributed by atoms with Gasteiger partial charge in [0.15, 0.2) is 0 Å². The Balaban J connectivity index is 1.93. The first-order valence-corrected chi connectivity index (χ1v) is 6.08. The van der Waals surface area contributed by atoms with Crippen LogP contribution in [-0.4, -0.2) is 24.5 Å². The maximum absolute atomic E-state index is 13.2. The molecule has 0 aliphatic carbocycles. The van der Waals surface area contributed by atoms with E-state index in [0.717, 1.165) is 18.7 Å². The van der Waals surface area contributed by atoms with Crippen LogP contribution in [0.3, 0.4) is 0 Å². The zero-order valence-electron chi connectivity index (χ0n) is 9.38. The lowest BCUT2D eigenvalue weighted by atomic mass is 9.95. The summed E-state index contributed by atoms with van der Waals surface area (Å²) < 4.78 is 13.2. The molecule has 1 fully saturated rings. The minimum absolute atomic E-state index is 0.123. The number of nitrogens with zero attached hydrogens (tertiary/aromatic N) is 1. The Kier molecular flexibility index (Phi) is 2.65. The standard InChI is InChI=1S/C13H17FN2/c14-11-3-4-12-10(7-11)8-15-9-13(12)16-5-1-2-6-16/h3-4,7,13,15H,1-2,5-6,8-9H2. The van der Waals surface area contributed by atoms with Crippen molar-refractivity contribution < 1.29 is 4.39 Å². The second-order valence-corrected chi connectivity index (χ2v) is 4.73. The van der Waals surface area contributed by atoms with Crippen molar-refractivity contribution in [1.29, 1.82) is 0 Å². The molecule has 0 spiro atoms. The van der Waals surface area contributed by atoms with E-state index in [1.807, 2.05) is 6.07 Å². The van der Waals surface area contributed by atoms with Crippen molar-refractivity contribution in [3.63, 3.8) is 0 Å². The first-order valence-electron chi connectivity index (χ1n) is 6.08. The molecule has 1 unspecified atom stereocenters. The molecule has 3 heteroatoms. The summed E-state index contributed by atoms with van der Waals surface area (Å²) in [5, 5.41) is 3.39. The molecule has 86 valence electrons. The predicted molar refractivity (Wildman–Crippen MR) is 61.7 cm³/mol. The quantitative estimate of drug-likeness (QED) is 0.779. The molecule has 3 rings (SSSR count). The van der Waals surface area contributed by atoms with Gasteiger partial charge in [0.05, 0.1) is 0 Å². The van der Waals surface area contributed by atoms with E-state index >= 15 is 0 Å². The van der Waals surface area contributed by atoms with E-state index in [9.17, 15) is 4.39 Å². The number of halogens is 1. The van der Waals surface area contributed by atoms with Gasteiger partial charge in [-0.1, -0.05) is 6.07 Å². The van der Waals surface area contributed by atoms with Gasteiger partial charge in [-0.15, -0.1) is 0 Å². The van der Waals surface area contributed by atoms with E-state index in [2.05, 4.69) is 10.2 Å². The van der Waals surface area contributed by atoms with Gasteiger partial charge >= 0.3 is 0 Å². The highest BCUT2D eigenvalue weighted by Crippen LogP contribution is 2.30. The van der Waals surface area contributed by atoms with Crippen molar-refractivity contribution in [1.82, 2.24) is 10.2 Å². The zero-order chi connectivity index (χ0) is 11.0. The second-order valence-electron chi connectivity index (χ2n) is 4.73. The minimum Gasteiger partial charge on any atom is -0.311 e. The van der Waals surface area contributed by atoms with Gasteiger partial charge in [0.25, 0.3) is 0 Å². The Hall–Kier alpha value is -0.930. The molecule has 2 aliphatic rings. The SMILES string of the molecule is Fc1ccc2c(c1)CNCC2N1CCCC1. The van der Waals surface area contributed by atoms with Crippen molar-refractivity contribution in [2.75, 3.05) is 19.6 Å². The van der Waals surface area contributed by atoms with Gasteiger partial charge in [0.2, 0.25) is 0 Å². The molecule has 1 atom stereocenters. The number of fused-ring (bicyclic) bond motifs is 1. The van der Waals surface area contributed by atoms with Crippen LogP contribution in [0.2, 0.25) is 0 Å². The molecule has 0 radical (unpaired) electrons. The zero-order valence-corrected chi connectivity index (χ0v) is 9.38. The highest BCUT2D eigenvalue weighted by molar-refractivity contribution is 5.33. The summed E-state index contributed by atoms with van der Waals surface area (Å²) in [6.07, 6.45) is 2.60. The molecule has 1 N–H and O–H groups in total. The Morgan fingerprint density at radius 2 is 2.06 bits per heavy atom. The normalized spacial score (nSPS) is 25.7. The summed E-state index contributed by atoms with van der Waals surface area (Å²) in [4.78, 5) is 2.52. The van der Waals surface area contributed by atoms with Crippen molar-refractivity contribution in [2.24, 2.45) is 0 Å². The predicted octanol–water partition coefficient (Wildman–Crippen LogP) is 2.07. The molecule has 0 amide bonds. The first kappa shape index (κ1) is 10.2. The van der Waals surface area contributed by atoms with Crippen molar-refractivity contribution in [3.8, 4) is 0 Å². The fourth-order valence-electron chi connectivity index (χ4n) is 2.89. The van der Waals surface area contributed by atoms with Crippen LogP contribution in [0.1, 0.15) is 30.0 Å². The highest BCUT2D eigenvalue weighted by atomic mass is 19.1. The van der Waals surface area contributed by atoms with Crippen LogP contribution in [0, 0.1) is 5.82 Å². The first-order chi connectivity index (χ1) is 7.84. The second kappa shape index (κ2) is 4.15. The molecule has 16 heavy (non-hydrogen) atoms. The lowest BCUT2D eigenvalue weighted by Crippen LogP contribution is -2.38. The summed E-state index contributed by atoms with van der Waals surface area (Å²) in [6.45, 7) is 4.17. The van der Waals surface area contributed by atoms with E-state index in [4.69, 9.17) is 0 Å². The number of hydrogen-bond acceptors (Lipinski definition) is 2. The number of nitrogens with one attached hydrogen (secondary N) is 1. The van der Waals surface area contributed by atoms with Gasteiger partial charge in [-0.3, -0.25) is 4.90 Å². The van der Waals surface area contributed by atoms with Gasteiger partial charge in [0, 0.05) is 19.1 Å². The Morgan fingerprint density at radius 3 is 2.88 bits per heavy atom. The largest absolute Gasteiger partial charge is 0.311 e. The van der Waals surface area contributed by atoms with E-state index in [1.54, 1.807) is 12.1 Å². The smallest absolute Gasteiger partial charge is 0.123 e. The molecule has 0 bridgehead atoms. The number of benzene rings is 1. The van der Waals surface area contributed by atoms with Gasteiger partial charge < -0.3 is 5.32 Å². The lowest BCUT2D eigenvalue weighted by Gasteiger charge is -2.33. The van der Waals surface area contributed by atoms with Crippen LogP contribution in [-0.2, 0) is 6.54 Å². The summed E-state index contributed by atoms with van der Waals surface area (Å²) in [5.41, 5.74) is 2.45. The maximum Gasteiger partial charge on any atom is 0.123 e. The number of likely N-dealkylation sites (tertiary alicyclic amines) is 1. The fourth-order valence-corrected chi connectivity index (χ4v) is 2.89. The third kappa shape index (κ3) is 1.74.